The number of nitrogens with one attached hydrogen (secondary N) is 3. The predicted molar refractivity (Wildman–Crippen MR) is 123 cm³/mol. The lowest BCUT2D eigenvalue weighted by molar-refractivity contribution is -0.111. The maximum absolute atomic E-state index is 12.5. The van der Waals surface area contributed by atoms with Gasteiger partial charge in [-0.3, -0.25) is 14.4 Å². The van der Waals surface area contributed by atoms with Crippen LogP contribution in [-0.2, 0) is 4.79 Å². The molecule has 0 spiro atoms. The summed E-state index contributed by atoms with van der Waals surface area (Å²) in [6.07, 6.45) is 3.02. The van der Waals surface area contributed by atoms with Crippen LogP contribution in [0, 0.1) is 0 Å². The monoisotopic (exact) mass is 433 g/mol. The number of halogens is 1. The Bertz CT molecular complexity index is 1120. The predicted octanol–water partition coefficient (Wildman–Crippen LogP) is 4.60. The van der Waals surface area contributed by atoms with Gasteiger partial charge in [-0.25, -0.2) is 0 Å². The maximum Gasteiger partial charge on any atom is 0.255 e. The van der Waals surface area contributed by atoms with Crippen LogP contribution in [0.25, 0.3) is 6.08 Å². The largest absolute Gasteiger partial charge is 0.355 e. The number of para-hydroxylation sites is 2. The zero-order chi connectivity index (χ0) is 22.2. The number of carbonyl (C=O) groups is 3. The Labute approximate surface area is 184 Å². The maximum atomic E-state index is 12.5. The van der Waals surface area contributed by atoms with E-state index >= 15 is 0 Å². The van der Waals surface area contributed by atoms with Crippen LogP contribution in [0.5, 0.6) is 0 Å². The van der Waals surface area contributed by atoms with Gasteiger partial charge in [0.25, 0.3) is 11.8 Å². The molecule has 6 nitrogen and oxygen atoms in total. The second kappa shape index (κ2) is 10.2. The van der Waals surface area contributed by atoms with Gasteiger partial charge < -0.3 is 16.0 Å². The first-order valence-corrected chi connectivity index (χ1v) is 9.81. The molecule has 3 rings (SSSR count). The van der Waals surface area contributed by atoms with Gasteiger partial charge >= 0.3 is 0 Å². The van der Waals surface area contributed by atoms with E-state index in [0.29, 0.717) is 27.5 Å². The Hall–Kier alpha value is -3.90. The first-order chi connectivity index (χ1) is 15.0. The van der Waals surface area contributed by atoms with Crippen molar-refractivity contribution in [2.24, 2.45) is 0 Å². The van der Waals surface area contributed by atoms with E-state index in [4.69, 9.17) is 11.6 Å². The van der Waals surface area contributed by atoms with Crippen LogP contribution < -0.4 is 16.0 Å². The number of anilines is 2. The Kier molecular flexibility index (Phi) is 7.19. The Morgan fingerprint density at radius 3 is 1.90 bits per heavy atom. The van der Waals surface area contributed by atoms with E-state index in [-0.39, 0.29) is 17.7 Å². The SMILES string of the molecule is CNC(=O)c1ccc(/C=C/C(=O)Nc2ccccc2NC(=O)c2ccc(Cl)cc2)cc1. The van der Waals surface area contributed by atoms with E-state index < -0.39 is 0 Å². The van der Waals surface area contributed by atoms with Crippen molar-refractivity contribution in [2.45, 2.75) is 0 Å². The number of carbonyl (C=O) groups excluding carboxylic acids is 3. The van der Waals surface area contributed by atoms with Crippen molar-refractivity contribution in [3.63, 3.8) is 0 Å². The van der Waals surface area contributed by atoms with Crippen molar-refractivity contribution >= 4 is 46.8 Å². The summed E-state index contributed by atoms with van der Waals surface area (Å²) in [5.41, 5.74) is 2.70. The molecule has 0 aromatic heterocycles. The molecule has 3 N–H and O–H groups in total. The lowest BCUT2D eigenvalue weighted by Gasteiger charge is -2.11. The van der Waals surface area contributed by atoms with Gasteiger partial charge in [-0.15, -0.1) is 0 Å². The highest BCUT2D eigenvalue weighted by atomic mass is 35.5. The normalized spacial score (nSPS) is 10.5. The molecule has 0 radical (unpaired) electrons. The third-order valence-electron chi connectivity index (χ3n) is 4.37. The summed E-state index contributed by atoms with van der Waals surface area (Å²) in [6.45, 7) is 0. The third kappa shape index (κ3) is 6.04. The molecule has 0 saturated carbocycles. The highest BCUT2D eigenvalue weighted by Gasteiger charge is 2.10. The molecule has 0 heterocycles. The molecular formula is C24H20ClN3O3. The van der Waals surface area contributed by atoms with Crippen molar-refractivity contribution in [3.05, 3.63) is 101 Å². The highest BCUT2D eigenvalue weighted by Crippen LogP contribution is 2.22. The standard InChI is InChI=1S/C24H20ClN3O3/c1-26-23(30)17-9-6-16(7-10-17)8-15-22(29)27-20-4-2-3-5-21(20)28-24(31)18-11-13-19(25)14-12-18/h2-15H,1H3,(H,26,30)(H,27,29)(H,28,31)/b15-8+. The molecule has 0 aliphatic heterocycles. The molecule has 7 heteroatoms. The smallest absolute Gasteiger partial charge is 0.255 e. The molecule has 3 aromatic carbocycles. The van der Waals surface area contributed by atoms with Gasteiger partial charge in [0.15, 0.2) is 0 Å². The summed E-state index contributed by atoms with van der Waals surface area (Å²) in [6, 6.07) is 20.3. The fraction of sp³-hybridized carbons (Fsp3) is 0.0417. The fourth-order valence-corrected chi connectivity index (χ4v) is 2.86. The van der Waals surface area contributed by atoms with Crippen molar-refractivity contribution in [2.75, 3.05) is 17.7 Å². The van der Waals surface area contributed by atoms with Gasteiger partial charge in [-0.2, -0.15) is 0 Å². The fourth-order valence-electron chi connectivity index (χ4n) is 2.73. The topological polar surface area (TPSA) is 87.3 Å². The molecule has 3 aromatic rings. The number of rotatable bonds is 6. The minimum atomic E-state index is -0.358. The Morgan fingerprint density at radius 1 is 0.742 bits per heavy atom. The van der Waals surface area contributed by atoms with Crippen LogP contribution in [0.1, 0.15) is 26.3 Å². The first kappa shape index (κ1) is 21.8. The van der Waals surface area contributed by atoms with Gasteiger partial charge in [0.2, 0.25) is 5.91 Å². The van der Waals surface area contributed by atoms with Gasteiger partial charge in [0.05, 0.1) is 11.4 Å². The van der Waals surface area contributed by atoms with E-state index in [9.17, 15) is 14.4 Å². The quantitative estimate of drug-likeness (QED) is 0.496. The van der Waals surface area contributed by atoms with Gasteiger partial charge in [0.1, 0.15) is 0 Å². The Morgan fingerprint density at radius 2 is 1.29 bits per heavy atom. The molecule has 0 atom stereocenters. The minimum absolute atomic E-state index is 0.175. The second-order valence-electron chi connectivity index (χ2n) is 6.53. The van der Waals surface area contributed by atoms with Gasteiger partial charge in [0, 0.05) is 29.3 Å². The third-order valence-corrected chi connectivity index (χ3v) is 4.62. The summed E-state index contributed by atoms with van der Waals surface area (Å²) >= 11 is 5.86. The highest BCUT2D eigenvalue weighted by molar-refractivity contribution is 6.30. The molecule has 156 valence electrons. The summed E-state index contributed by atoms with van der Waals surface area (Å²) in [5, 5.41) is 8.64. The molecule has 3 amide bonds. The van der Waals surface area contributed by atoms with Crippen molar-refractivity contribution in [3.8, 4) is 0 Å². The van der Waals surface area contributed by atoms with Crippen LogP contribution in [0.4, 0.5) is 11.4 Å². The van der Waals surface area contributed by atoms with E-state index in [1.54, 1.807) is 85.9 Å². The van der Waals surface area contributed by atoms with Crippen molar-refractivity contribution in [1.29, 1.82) is 0 Å². The van der Waals surface area contributed by atoms with Gasteiger partial charge in [-0.05, 0) is 60.2 Å². The molecule has 0 aliphatic carbocycles. The zero-order valence-electron chi connectivity index (χ0n) is 16.7. The number of hydrogen-bond donors (Lipinski definition) is 3. The Balaban J connectivity index is 1.66. The number of benzene rings is 3. The van der Waals surface area contributed by atoms with Crippen LogP contribution in [0.15, 0.2) is 78.9 Å². The van der Waals surface area contributed by atoms with E-state index in [2.05, 4.69) is 16.0 Å². The molecule has 31 heavy (non-hydrogen) atoms. The van der Waals surface area contributed by atoms with Crippen LogP contribution in [-0.4, -0.2) is 24.8 Å². The van der Waals surface area contributed by atoms with E-state index in [1.807, 2.05) is 0 Å². The second-order valence-corrected chi connectivity index (χ2v) is 6.97. The lowest BCUT2D eigenvalue weighted by atomic mass is 10.1. The average molecular weight is 434 g/mol. The van der Waals surface area contributed by atoms with E-state index in [0.717, 1.165) is 5.56 Å². The number of hydrogen-bond acceptors (Lipinski definition) is 3. The molecule has 0 unspecified atom stereocenters. The zero-order valence-corrected chi connectivity index (χ0v) is 17.4. The van der Waals surface area contributed by atoms with E-state index in [1.165, 1.54) is 6.08 Å². The lowest BCUT2D eigenvalue weighted by Crippen LogP contribution is -2.17. The van der Waals surface area contributed by atoms with Crippen LogP contribution in [0.3, 0.4) is 0 Å². The summed E-state index contributed by atoms with van der Waals surface area (Å²) in [5.74, 6) is -0.848. The average Bonchev–Trinajstić information content (AvgIpc) is 2.79. The molecule has 0 saturated heterocycles. The first-order valence-electron chi connectivity index (χ1n) is 9.43. The molecule has 0 fully saturated rings. The minimum Gasteiger partial charge on any atom is -0.355 e. The van der Waals surface area contributed by atoms with Crippen molar-refractivity contribution < 1.29 is 14.4 Å². The summed E-state index contributed by atoms with van der Waals surface area (Å²) < 4.78 is 0. The molecular weight excluding hydrogens is 414 g/mol. The molecule has 0 bridgehead atoms. The van der Waals surface area contributed by atoms with Crippen LogP contribution in [0.2, 0.25) is 5.02 Å². The number of amides is 3. The van der Waals surface area contributed by atoms with Crippen molar-refractivity contribution in [1.82, 2.24) is 5.32 Å². The summed E-state index contributed by atoms with van der Waals surface area (Å²) in [7, 11) is 1.57. The van der Waals surface area contributed by atoms with Crippen LogP contribution >= 0.6 is 11.6 Å². The van der Waals surface area contributed by atoms with Gasteiger partial charge in [-0.1, -0.05) is 35.9 Å². The molecule has 0 aliphatic rings. The summed E-state index contributed by atoms with van der Waals surface area (Å²) in [4.78, 5) is 36.4.